The second-order valence-electron chi connectivity index (χ2n) is 2.90. The Labute approximate surface area is 86.9 Å². The average Bonchev–Trinajstić information content (AvgIpc) is 2.08. The molecule has 0 aliphatic heterocycles. The van der Waals surface area contributed by atoms with Crippen LogP contribution in [0.5, 0.6) is 0 Å². The first-order chi connectivity index (χ1) is 5.65. The lowest BCUT2D eigenvalue weighted by Crippen LogP contribution is -2.00. The van der Waals surface area contributed by atoms with Gasteiger partial charge in [0.05, 0.1) is 6.61 Å². The molecule has 0 saturated carbocycles. The van der Waals surface area contributed by atoms with E-state index in [4.69, 9.17) is 5.11 Å². The minimum atomic E-state index is 0.139. The van der Waals surface area contributed by atoms with Crippen LogP contribution in [0.4, 0.5) is 0 Å². The Kier molecular flexibility index (Phi) is 3.53. The van der Waals surface area contributed by atoms with Gasteiger partial charge in [-0.15, -0.1) is 0 Å². The van der Waals surface area contributed by atoms with Gasteiger partial charge in [-0.2, -0.15) is 0 Å². The lowest BCUT2D eigenvalue weighted by molar-refractivity contribution is 0.315. The molecule has 0 heterocycles. The molecule has 1 radical (unpaired) electrons. The van der Waals surface area contributed by atoms with Crippen molar-refractivity contribution in [3.05, 3.63) is 38.8 Å². The van der Waals surface area contributed by atoms with E-state index in [1.807, 2.05) is 13.0 Å². The molecule has 0 spiro atoms. The quantitative estimate of drug-likeness (QED) is 0.822. The average molecular weight is 275 g/mol. The van der Waals surface area contributed by atoms with E-state index < -0.39 is 0 Å². The summed E-state index contributed by atoms with van der Waals surface area (Å²) in [6.07, 6.45) is 0. The molecule has 1 nitrogen and oxygen atoms in total. The molecule has 1 aromatic carbocycles. The number of aliphatic hydroxyl groups excluding tert-OH is 1. The molecule has 0 aliphatic rings. The molecule has 2 heteroatoms. The standard InChI is InChI=1S/C10H12IO/c1-7-5-9(8(2)6-12)3-4-10(7)11/h3-5,12H,6H2,1-2H3. The maximum atomic E-state index is 8.91. The summed E-state index contributed by atoms with van der Waals surface area (Å²) in [4.78, 5) is 0. The van der Waals surface area contributed by atoms with Crippen LogP contribution < -0.4 is 0 Å². The van der Waals surface area contributed by atoms with Crippen molar-refractivity contribution in [2.24, 2.45) is 0 Å². The third-order valence-corrected chi connectivity index (χ3v) is 3.10. The lowest BCUT2D eigenvalue weighted by atomic mass is 10.0. The van der Waals surface area contributed by atoms with E-state index in [2.05, 4.69) is 41.6 Å². The molecular formula is C10H12IO. The number of benzene rings is 1. The van der Waals surface area contributed by atoms with Crippen LogP contribution in [0.3, 0.4) is 0 Å². The molecule has 0 aromatic heterocycles. The van der Waals surface area contributed by atoms with E-state index in [-0.39, 0.29) is 6.61 Å². The Balaban J connectivity index is 2.96. The SMILES string of the molecule is C[C](CO)c1ccc(I)c(C)c1. The minimum absolute atomic E-state index is 0.139. The minimum Gasteiger partial charge on any atom is -0.395 e. The molecule has 0 fully saturated rings. The maximum absolute atomic E-state index is 8.91. The highest BCUT2D eigenvalue weighted by Crippen LogP contribution is 2.18. The van der Waals surface area contributed by atoms with Crippen LogP contribution in [0.15, 0.2) is 18.2 Å². The van der Waals surface area contributed by atoms with Crippen molar-refractivity contribution in [2.75, 3.05) is 6.61 Å². The van der Waals surface area contributed by atoms with E-state index in [1.165, 1.54) is 9.13 Å². The van der Waals surface area contributed by atoms with Gasteiger partial charge in [-0.25, -0.2) is 0 Å². The molecule has 1 aromatic rings. The van der Waals surface area contributed by atoms with Crippen LogP contribution in [-0.2, 0) is 0 Å². The first-order valence-electron chi connectivity index (χ1n) is 3.85. The number of rotatable bonds is 2. The lowest BCUT2D eigenvalue weighted by Gasteiger charge is -2.08. The number of hydrogen-bond donors (Lipinski definition) is 1. The van der Waals surface area contributed by atoms with E-state index in [1.54, 1.807) is 0 Å². The monoisotopic (exact) mass is 275 g/mol. The largest absolute Gasteiger partial charge is 0.395 e. The van der Waals surface area contributed by atoms with Gasteiger partial charge in [0.25, 0.3) is 0 Å². The van der Waals surface area contributed by atoms with E-state index in [0.717, 1.165) is 11.5 Å². The Hall–Kier alpha value is -0.0900. The smallest absolute Gasteiger partial charge is 0.0534 e. The van der Waals surface area contributed by atoms with Gasteiger partial charge in [0, 0.05) is 9.49 Å². The second kappa shape index (κ2) is 4.23. The Morgan fingerprint density at radius 2 is 2.17 bits per heavy atom. The van der Waals surface area contributed by atoms with Gasteiger partial charge in [0.1, 0.15) is 0 Å². The molecule has 0 unspecified atom stereocenters. The van der Waals surface area contributed by atoms with Crippen LogP contribution in [0.25, 0.3) is 0 Å². The number of aryl methyl sites for hydroxylation is 1. The van der Waals surface area contributed by atoms with Gasteiger partial charge in [-0.3, -0.25) is 0 Å². The van der Waals surface area contributed by atoms with E-state index in [0.29, 0.717) is 0 Å². The van der Waals surface area contributed by atoms with Gasteiger partial charge < -0.3 is 5.11 Å². The van der Waals surface area contributed by atoms with Crippen LogP contribution in [0.1, 0.15) is 18.1 Å². The zero-order valence-electron chi connectivity index (χ0n) is 7.26. The molecule has 65 valence electrons. The molecule has 0 bridgehead atoms. The van der Waals surface area contributed by atoms with Crippen molar-refractivity contribution in [3.8, 4) is 0 Å². The summed E-state index contributed by atoms with van der Waals surface area (Å²) >= 11 is 2.30. The third kappa shape index (κ3) is 2.20. The van der Waals surface area contributed by atoms with Crippen LogP contribution >= 0.6 is 22.6 Å². The van der Waals surface area contributed by atoms with E-state index >= 15 is 0 Å². The summed E-state index contributed by atoms with van der Waals surface area (Å²) in [6, 6.07) is 6.22. The van der Waals surface area contributed by atoms with Crippen molar-refractivity contribution in [2.45, 2.75) is 13.8 Å². The van der Waals surface area contributed by atoms with Crippen molar-refractivity contribution in [1.82, 2.24) is 0 Å². The highest BCUT2D eigenvalue weighted by atomic mass is 127. The van der Waals surface area contributed by atoms with Crippen LogP contribution in [-0.4, -0.2) is 11.7 Å². The molecule has 0 atom stereocenters. The van der Waals surface area contributed by atoms with Crippen molar-refractivity contribution in [3.63, 3.8) is 0 Å². The predicted molar refractivity (Wildman–Crippen MR) is 59.0 cm³/mol. The molecule has 0 amide bonds. The van der Waals surface area contributed by atoms with Crippen molar-refractivity contribution >= 4 is 22.6 Å². The molecule has 12 heavy (non-hydrogen) atoms. The summed E-state index contributed by atoms with van der Waals surface area (Å²) < 4.78 is 1.27. The second-order valence-corrected chi connectivity index (χ2v) is 4.06. The van der Waals surface area contributed by atoms with Gasteiger partial charge in [0.15, 0.2) is 0 Å². The van der Waals surface area contributed by atoms with Crippen LogP contribution in [0.2, 0.25) is 0 Å². The van der Waals surface area contributed by atoms with Gasteiger partial charge in [-0.05, 0) is 46.7 Å². The Morgan fingerprint density at radius 3 is 2.67 bits per heavy atom. The predicted octanol–water partition coefficient (Wildman–Crippen LogP) is 2.53. The zero-order chi connectivity index (χ0) is 9.14. The van der Waals surface area contributed by atoms with Gasteiger partial charge in [0.2, 0.25) is 0 Å². The van der Waals surface area contributed by atoms with Crippen molar-refractivity contribution < 1.29 is 5.11 Å². The first kappa shape index (κ1) is 9.99. The fraction of sp³-hybridized carbons (Fsp3) is 0.300. The number of halogens is 1. The number of aliphatic hydroxyl groups is 1. The highest BCUT2D eigenvalue weighted by Gasteiger charge is 2.05. The molecule has 1 N–H and O–H groups in total. The van der Waals surface area contributed by atoms with E-state index in [9.17, 15) is 0 Å². The normalized spacial score (nSPS) is 10.8. The van der Waals surface area contributed by atoms with Gasteiger partial charge in [-0.1, -0.05) is 19.1 Å². The fourth-order valence-electron chi connectivity index (χ4n) is 1.00. The third-order valence-electron chi connectivity index (χ3n) is 1.89. The topological polar surface area (TPSA) is 20.2 Å². The molecular weight excluding hydrogens is 263 g/mol. The maximum Gasteiger partial charge on any atom is 0.0534 e. The molecule has 1 rings (SSSR count). The summed E-state index contributed by atoms with van der Waals surface area (Å²) in [6.45, 7) is 4.16. The first-order valence-corrected chi connectivity index (χ1v) is 4.93. The highest BCUT2D eigenvalue weighted by molar-refractivity contribution is 14.1. The van der Waals surface area contributed by atoms with Crippen LogP contribution in [0, 0.1) is 16.4 Å². The Bertz CT molecular complexity index is 271. The summed E-state index contributed by atoms with van der Waals surface area (Å²) in [5.41, 5.74) is 2.40. The molecule has 0 saturated heterocycles. The number of hydrogen-bond acceptors (Lipinski definition) is 1. The van der Waals surface area contributed by atoms with Crippen molar-refractivity contribution in [1.29, 1.82) is 0 Å². The summed E-state index contributed by atoms with van der Waals surface area (Å²) in [5.74, 6) is 1.02. The summed E-state index contributed by atoms with van der Waals surface area (Å²) in [5, 5.41) is 8.91. The fourth-order valence-corrected chi connectivity index (χ4v) is 1.34. The Morgan fingerprint density at radius 1 is 1.50 bits per heavy atom. The van der Waals surface area contributed by atoms with Gasteiger partial charge >= 0.3 is 0 Å². The summed E-state index contributed by atoms with van der Waals surface area (Å²) in [7, 11) is 0. The zero-order valence-corrected chi connectivity index (χ0v) is 9.42. The molecule has 0 aliphatic carbocycles.